The van der Waals surface area contributed by atoms with Gasteiger partial charge in [-0.1, -0.05) is 18.2 Å². The first-order valence-corrected chi connectivity index (χ1v) is 13.0. The highest BCUT2D eigenvalue weighted by atomic mass is 32.1. The summed E-state index contributed by atoms with van der Waals surface area (Å²) in [5.74, 6) is 0.876. The molecule has 0 aromatic heterocycles. The molecule has 5 aromatic rings. The maximum Gasteiger partial charge on any atom is 0.340 e. The molecule has 7 nitrogen and oxygen atoms in total. The van der Waals surface area contributed by atoms with Crippen LogP contribution in [0.3, 0.4) is 0 Å². The van der Waals surface area contributed by atoms with E-state index in [9.17, 15) is 19.8 Å². The zero-order valence-electron chi connectivity index (χ0n) is 20.4. The number of nitrogens with one attached hydrogen (secondary N) is 1. The van der Waals surface area contributed by atoms with Crippen LogP contribution < -0.4 is 10.1 Å². The van der Waals surface area contributed by atoms with E-state index in [0.29, 0.717) is 51.6 Å². The van der Waals surface area contributed by atoms with Gasteiger partial charge in [-0.15, -0.1) is 0 Å². The third kappa shape index (κ3) is 3.31. The number of hydrogen-bond donors (Lipinski definition) is 4. The predicted molar refractivity (Wildman–Crippen MR) is 149 cm³/mol. The Hall–Kier alpha value is -4.69. The summed E-state index contributed by atoms with van der Waals surface area (Å²) in [5, 5.41) is 25.9. The first kappa shape index (κ1) is 23.4. The molecular formula is C31H21NO6S. The van der Waals surface area contributed by atoms with Gasteiger partial charge >= 0.3 is 5.97 Å². The molecule has 0 aliphatic carbocycles. The van der Waals surface area contributed by atoms with Gasteiger partial charge in [0, 0.05) is 45.3 Å². The van der Waals surface area contributed by atoms with E-state index in [-0.39, 0.29) is 17.4 Å². The summed E-state index contributed by atoms with van der Waals surface area (Å²) in [4.78, 5) is 26.2. The number of thiol groups is 1. The molecule has 192 valence electrons. The molecule has 0 fully saturated rings. The largest absolute Gasteiger partial charge is 0.508 e. The second-order valence-electron chi connectivity index (χ2n) is 9.61. The van der Waals surface area contributed by atoms with Gasteiger partial charge in [-0.05, 0) is 71.4 Å². The summed E-state index contributed by atoms with van der Waals surface area (Å²) in [7, 11) is 0. The molecule has 7 rings (SSSR count). The lowest BCUT2D eigenvalue weighted by atomic mass is 9.76. The number of amides is 1. The van der Waals surface area contributed by atoms with E-state index in [1.54, 1.807) is 54.6 Å². The van der Waals surface area contributed by atoms with Crippen LogP contribution in [0.1, 0.15) is 37.4 Å². The van der Waals surface area contributed by atoms with Crippen LogP contribution in [0.15, 0.2) is 78.9 Å². The Balaban J connectivity index is 1.54. The van der Waals surface area contributed by atoms with E-state index in [2.05, 4.69) is 17.9 Å². The number of fused-ring (bicyclic) bond motifs is 10. The highest BCUT2D eigenvalue weighted by molar-refractivity contribution is 7.80. The highest BCUT2D eigenvalue weighted by Gasteiger charge is 2.54. The summed E-state index contributed by atoms with van der Waals surface area (Å²) in [6.45, 7) is 0.400. The van der Waals surface area contributed by atoms with E-state index in [4.69, 9.17) is 9.47 Å². The Labute approximate surface area is 228 Å². The summed E-state index contributed by atoms with van der Waals surface area (Å²) < 4.78 is 12.9. The number of carbonyl (C=O) groups excluding carboxylic acids is 2. The number of phenolic OH excluding ortho intramolecular Hbond substituents is 2. The number of benzene rings is 5. The molecular weight excluding hydrogens is 514 g/mol. The molecule has 0 saturated heterocycles. The first-order valence-electron chi connectivity index (χ1n) is 12.4. The van der Waals surface area contributed by atoms with E-state index in [1.807, 2.05) is 24.3 Å². The van der Waals surface area contributed by atoms with E-state index in [0.717, 1.165) is 21.5 Å². The molecule has 0 atom stereocenters. The van der Waals surface area contributed by atoms with Gasteiger partial charge in [0.15, 0.2) is 5.60 Å². The number of hydrogen-bond acceptors (Lipinski definition) is 7. The lowest BCUT2D eigenvalue weighted by molar-refractivity contribution is 0.0226. The molecule has 0 saturated carbocycles. The Morgan fingerprint density at radius 2 is 1.38 bits per heavy atom. The molecule has 3 N–H and O–H groups in total. The molecule has 1 spiro atoms. The second-order valence-corrected chi connectivity index (χ2v) is 10.1. The van der Waals surface area contributed by atoms with Gasteiger partial charge in [0.1, 0.15) is 23.0 Å². The molecule has 0 bridgehead atoms. The minimum absolute atomic E-state index is 0.121. The zero-order chi connectivity index (χ0) is 26.9. The van der Waals surface area contributed by atoms with Gasteiger partial charge in [0.25, 0.3) is 5.91 Å². The summed E-state index contributed by atoms with van der Waals surface area (Å²) in [6.07, 6.45) is 0. The monoisotopic (exact) mass is 535 g/mol. The summed E-state index contributed by atoms with van der Waals surface area (Å²) >= 11 is 4.14. The second kappa shape index (κ2) is 8.41. The highest BCUT2D eigenvalue weighted by Crippen LogP contribution is 2.59. The fourth-order valence-corrected chi connectivity index (χ4v) is 5.79. The van der Waals surface area contributed by atoms with Crippen molar-refractivity contribution in [3.63, 3.8) is 0 Å². The van der Waals surface area contributed by atoms with Gasteiger partial charge < -0.3 is 25.0 Å². The first-order chi connectivity index (χ1) is 18.9. The van der Waals surface area contributed by atoms with Crippen LogP contribution in [0.4, 0.5) is 0 Å². The van der Waals surface area contributed by atoms with Gasteiger partial charge in [-0.2, -0.15) is 12.6 Å². The number of ether oxygens (including phenoxy) is 2. The molecule has 5 aromatic carbocycles. The lowest BCUT2D eigenvalue weighted by Crippen LogP contribution is -2.33. The maximum atomic E-state index is 13.5. The van der Waals surface area contributed by atoms with E-state index >= 15 is 0 Å². The van der Waals surface area contributed by atoms with Crippen molar-refractivity contribution in [1.82, 2.24) is 5.32 Å². The van der Waals surface area contributed by atoms with Crippen LogP contribution in [-0.2, 0) is 10.3 Å². The molecule has 2 aliphatic heterocycles. The van der Waals surface area contributed by atoms with Gasteiger partial charge in [0.05, 0.1) is 5.56 Å². The van der Waals surface area contributed by atoms with Crippen molar-refractivity contribution >= 4 is 46.1 Å². The average Bonchev–Trinajstić information content (AvgIpc) is 3.23. The molecule has 2 heterocycles. The standard InChI is InChI=1S/C31H21NO6S/c33-19-4-6-21-16(13-19)1-9-25-27(21)37-28-22-7-5-20(34)14-17(22)2-10-26(28)31(25)24-8-3-18(29(35)32-11-12-39)15-23(24)30(36)38-31/h1-10,13-15,33-34,39H,11-12H2,(H,32,35). The normalized spacial score (nSPS) is 14.4. The van der Waals surface area contributed by atoms with Crippen molar-refractivity contribution in [3.05, 3.63) is 107 Å². The Kier molecular flexibility index (Phi) is 5.05. The summed E-state index contributed by atoms with van der Waals surface area (Å²) in [5.41, 5.74) is 1.16. The van der Waals surface area contributed by atoms with Crippen molar-refractivity contribution in [2.45, 2.75) is 5.60 Å². The number of esters is 1. The van der Waals surface area contributed by atoms with Crippen LogP contribution in [0, 0.1) is 0 Å². The summed E-state index contributed by atoms with van der Waals surface area (Å²) in [6, 6.07) is 22.4. The average molecular weight is 536 g/mol. The minimum atomic E-state index is -1.34. The number of phenols is 2. The fraction of sp³-hybridized carbons (Fsp3) is 0.0968. The molecule has 1 amide bonds. The van der Waals surface area contributed by atoms with Crippen LogP contribution in [0.5, 0.6) is 23.0 Å². The Bertz CT molecular complexity index is 1790. The van der Waals surface area contributed by atoms with Crippen molar-refractivity contribution in [2.75, 3.05) is 12.3 Å². The topological polar surface area (TPSA) is 105 Å². The van der Waals surface area contributed by atoms with E-state index in [1.165, 1.54) is 0 Å². The van der Waals surface area contributed by atoms with Crippen LogP contribution in [0.25, 0.3) is 21.5 Å². The molecule has 2 aliphatic rings. The lowest BCUT2D eigenvalue weighted by Gasteiger charge is -2.37. The Morgan fingerprint density at radius 3 is 1.97 bits per heavy atom. The number of aromatic hydroxyl groups is 2. The van der Waals surface area contributed by atoms with Crippen molar-refractivity contribution < 1.29 is 29.3 Å². The van der Waals surface area contributed by atoms with Gasteiger partial charge in [0.2, 0.25) is 0 Å². The fourth-order valence-electron chi connectivity index (χ4n) is 5.68. The van der Waals surface area contributed by atoms with Gasteiger partial charge in [-0.3, -0.25) is 4.79 Å². The van der Waals surface area contributed by atoms with Crippen molar-refractivity contribution in [1.29, 1.82) is 0 Å². The maximum absolute atomic E-state index is 13.5. The quantitative estimate of drug-likeness (QED) is 0.176. The third-order valence-corrected chi connectivity index (χ3v) is 7.62. The molecule has 0 unspecified atom stereocenters. The minimum Gasteiger partial charge on any atom is -0.508 e. The number of carbonyl (C=O) groups is 2. The van der Waals surface area contributed by atoms with Crippen molar-refractivity contribution in [3.8, 4) is 23.0 Å². The van der Waals surface area contributed by atoms with Crippen LogP contribution >= 0.6 is 12.6 Å². The van der Waals surface area contributed by atoms with E-state index < -0.39 is 11.6 Å². The molecule has 8 heteroatoms. The smallest absolute Gasteiger partial charge is 0.340 e. The SMILES string of the molecule is O=C(NCCS)c1ccc2c(c1)C(=O)OC21c2ccc3cc(O)ccc3c2Oc2c1ccc1cc(O)ccc21. The Morgan fingerprint density at radius 1 is 0.795 bits per heavy atom. The van der Waals surface area contributed by atoms with Crippen LogP contribution in [-0.4, -0.2) is 34.4 Å². The van der Waals surface area contributed by atoms with Crippen LogP contribution in [0.2, 0.25) is 0 Å². The van der Waals surface area contributed by atoms with Crippen molar-refractivity contribution in [2.24, 2.45) is 0 Å². The zero-order valence-corrected chi connectivity index (χ0v) is 21.3. The third-order valence-electron chi connectivity index (χ3n) is 7.39. The molecule has 39 heavy (non-hydrogen) atoms. The number of rotatable bonds is 3. The predicted octanol–water partition coefficient (Wildman–Crippen LogP) is 5.63. The van der Waals surface area contributed by atoms with Gasteiger partial charge in [-0.25, -0.2) is 4.79 Å². The molecule has 0 radical (unpaired) electrons.